The fourth-order valence-electron chi connectivity index (χ4n) is 2.45. The van der Waals surface area contributed by atoms with E-state index in [1.54, 1.807) is 6.07 Å². The number of carbonyl (C=O) groups excluding carboxylic acids is 1. The number of benzene rings is 2. The second-order valence-electron chi connectivity index (χ2n) is 5.53. The van der Waals surface area contributed by atoms with Gasteiger partial charge in [-0.15, -0.1) is 0 Å². The lowest BCUT2D eigenvalue weighted by Gasteiger charge is -2.06. The molecule has 1 amide bonds. The van der Waals surface area contributed by atoms with Gasteiger partial charge in [0.2, 0.25) is 6.79 Å². The highest BCUT2D eigenvalue weighted by atomic mass is 16.7. The molecule has 2 aromatic carbocycles. The van der Waals surface area contributed by atoms with E-state index in [9.17, 15) is 25.0 Å². The summed E-state index contributed by atoms with van der Waals surface area (Å²) in [5.74, 6) is -1.58. The van der Waals surface area contributed by atoms with E-state index >= 15 is 0 Å². The van der Waals surface area contributed by atoms with Gasteiger partial charge in [-0.25, -0.2) is 4.79 Å². The zero-order valence-electron chi connectivity index (χ0n) is 14.0. The number of nitro benzene ring substituents is 1. The van der Waals surface area contributed by atoms with Gasteiger partial charge in [-0.3, -0.25) is 14.9 Å². The van der Waals surface area contributed by atoms with Gasteiger partial charge in [0, 0.05) is 5.69 Å². The molecular formula is C18H11N3O7. The van der Waals surface area contributed by atoms with Crippen molar-refractivity contribution in [2.24, 2.45) is 0 Å². The van der Waals surface area contributed by atoms with Crippen LogP contribution in [0.15, 0.2) is 42.0 Å². The van der Waals surface area contributed by atoms with Gasteiger partial charge in [-0.2, -0.15) is 5.26 Å². The molecule has 0 saturated carbocycles. The molecule has 1 aliphatic heterocycles. The molecule has 10 heteroatoms. The molecule has 0 radical (unpaired) electrons. The fraction of sp³-hybridized carbons (Fsp3) is 0.0556. The second-order valence-corrected chi connectivity index (χ2v) is 5.53. The number of nitrogens with zero attached hydrogens (tertiary/aromatic N) is 2. The van der Waals surface area contributed by atoms with Crippen LogP contribution in [0.3, 0.4) is 0 Å². The van der Waals surface area contributed by atoms with Crippen LogP contribution in [0.2, 0.25) is 0 Å². The lowest BCUT2D eigenvalue weighted by Crippen LogP contribution is -2.14. The summed E-state index contributed by atoms with van der Waals surface area (Å²) in [4.78, 5) is 34.0. The summed E-state index contributed by atoms with van der Waals surface area (Å²) >= 11 is 0. The monoisotopic (exact) mass is 381 g/mol. The number of nitro groups is 1. The van der Waals surface area contributed by atoms with Gasteiger partial charge in [-0.05, 0) is 30.3 Å². The van der Waals surface area contributed by atoms with Crippen molar-refractivity contribution in [2.45, 2.75) is 0 Å². The average Bonchev–Trinajstić information content (AvgIpc) is 3.12. The van der Waals surface area contributed by atoms with Crippen LogP contribution in [0.4, 0.5) is 11.4 Å². The molecule has 0 spiro atoms. The summed E-state index contributed by atoms with van der Waals surface area (Å²) in [6, 6.07) is 9.57. The second kappa shape index (κ2) is 7.46. The number of rotatable bonds is 5. The summed E-state index contributed by atoms with van der Waals surface area (Å²) in [5.41, 5.74) is -0.682. The third-order valence-electron chi connectivity index (χ3n) is 3.75. The predicted octanol–water partition coefficient (Wildman–Crippen LogP) is 2.57. The highest BCUT2D eigenvalue weighted by Crippen LogP contribution is 2.38. The number of hydrogen-bond acceptors (Lipinski definition) is 7. The molecule has 0 bridgehead atoms. The van der Waals surface area contributed by atoms with Crippen LogP contribution in [0, 0.1) is 21.4 Å². The van der Waals surface area contributed by atoms with Gasteiger partial charge in [0.15, 0.2) is 11.5 Å². The Morgan fingerprint density at radius 2 is 1.96 bits per heavy atom. The maximum absolute atomic E-state index is 12.4. The van der Waals surface area contributed by atoms with Crippen molar-refractivity contribution in [1.29, 1.82) is 5.26 Å². The number of ether oxygens (including phenoxy) is 2. The van der Waals surface area contributed by atoms with E-state index in [-0.39, 0.29) is 40.8 Å². The Labute approximate surface area is 157 Å². The van der Waals surface area contributed by atoms with Crippen molar-refractivity contribution in [3.05, 3.63) is 63.2 Å². The number of aromatic carboxylic acids is 1. The van der Waals surface area contributed by atoms with E-state index < -0.39 is 22.4 Å². The Morgan fingerprint density at radius 1 is 1.25 bits per heavy atom. The zero-order chi connectivity index (χ0) is 20.3. The van der Waals surface area contributed by atoms with Crippen LogP contribution < -0.4 is 14.8 Å². The number of hydrogen-bond donors (Lipinski definition) is 2. The number of fused-ring (bicyclic) bond motifs is 1. The van der Waals surface area contributed by atoms with Gasteiger partial charge in [0.25, 0.3) is 11.6 Å². The Balaban J connectivity index is 1.93. The molecular weight excluding hydrogens is 370 g/mol. The molecule has 1 heterocycles. The molecule has 140 valence electrons. The largest absolute Gasteiger partial charge is 0.478 e. The first-order valence-corrected chi connectivity index (χ1v) is 7.73. The standard InChI is InChI=1S/C18H11N3O7/c19-8-12(17(22)20-13-3-1-2-10(5-13)18(23)24)4-11-6-15-16(28-9-27-15)7-14(11)21(25)26/h1-7H,9H2,(H,20,22)(H,23,24)/b12-4+. The Kier molecular flexibility index (Phi) is 4.91. The normalized spacial score (nSPS) is 12.2. The van der Waals surface area contributed by atoms with Crippen molar-refractivity contribution in [2.75, 3.05) is 12.1 Å². The lowest BCUT2D eigenvalue weighted by atomic mass is 10.1. The van der Waals surface area contributed by atoms with Crippen molar-refractivity contribution in [3.8, 4) is 17.6 Å². The molecule has 0 fully saturated rings. The summed E-state index contributed by atoms with van der Waals surface area (Å²) in [5, 5.41) is 32.0. The minimum absolute atomic E-state index is 0.0137. The SMILES string of the molecule is N#C/C(=C\c1cc2c(cc1[N+](=O)[O-])OCO2)C(=O)Nc1cccc(C(=O)O)c1. The van der Waals surface area contributed by atoms with Gasteiger partial charge < -0.3 is 19.9 Å². The van der Waals surface area contributed by atoms with Gasteiger partial charge in [0.05, 0.1) is 22.1 Å². The quantitative estimate of drug-likeness (QED) is 0.347. The minimum Gasteiger partial charge on any atom is -0.478 e. The van der Waals surface area contributed by atoms with Crippen LogP contribution in [0.5, 0.6) is 11.5 Å². The van der Waals surface area contributed by atoms with E-state index in [0.717, 1.165) is 12.1 Å². The summed E-state index contributed by atoms with van der Waals surface area (Å²) in [6.45, 7) is -0.0921. The van der Waals surface area contributed by atoms with Crippen LogP contribution >= 0.6 is 0 Å². The van der Waals surface area contributed by atoms with Crippen LogP contribution in [0.25, 0.3) is 6.08 Å². The molecule has 2 aromatic rings. The number of nitrogens with one attached hydrogen (secondary N) is 1. The van der Waals surface area contributed by atoms with Gasteiger partial charge in [-0.1, -0.05) is 6.07 Å². The molecule has 28 heavy (non-hydrogen) atoms. The molecule has 10 nitrogen and oxygen atoms in total. The van der Waals surface area contributed by atoms with Crippen molar-refractivity contribution in [1.82, 2.24) is 0 Å². The molecule has 0 aliphatic carbocycles. The molecule has 2 N–H and O–H groups in total. The highest BCUT2D eigenvalue weighted by Gasteiger charge is 2.23. The van der Waals surface area contributed by atoms with E-state index in [0.29, 0.717) is 0 Å². The number of nitriles is 1. The molecule has 0 atom stereocenters. The minimum atomic E-state index is -1.18. The van der Waals surface area contributed by atoms with E-state index in [2.05, 4.69) is 5.32 Å². The zero-order valence-corrected chi connectivity index (χ0v) is 14.0. The summed E-state index contributed by atoms with van der Waals surface area (Å²) in [7, 11) is 0. The molecule has 0 aromatic heterocycles. The van der Waals surface area contributed by atoms with E-state index in [1.165, 1.54) is 30.3 Å². The van der Waals surface area contributed by atoms with Crippen molar-refractivity contribution in [3.63, 3.8) is 0 Å². The number of carboxylic acids is 1. The molecule has 1 aliphatic rings. The molecule has 3 rings (SSSR count). The van der Waals surface area contributed by atoms with E-state index in [1.807, 2.05) is 0 Å². The number of amides is 1. The highest BCUT2D eigenvalue weighted by molar-refractivity contribution is 6.10. The number of carbonyl (C=O) groups is 2. The van der Waals surface area contributed by atoms with Gasteiger partial charge in [0.1, 0.15) is 11.6 Å². The third-order valence-corrected chi connectivity index (χ3v) is 3.75. The molecule has 0 unspecified atom stereocenters. The first kappa shape index (κ1) is 18.4. The number of carboxylic acid groups (broad SMARTS) is 1. The Bertz CT molecular complexity index is 1070. The fourth-order valence-corrected chi connectivity index (χ4v) is 2.45. The Morgan fingerprint density at radius 3 is 2.61 bits per heavy atom. The van der Waals surface area contributed by atoms with Crippen LogP contribution in [0.1, 0.15) is 15.9 Å². The van der Waals surface area contributed by atoms with Crippen LogP contribution in [-0.4, -0.2) is 28.7 Å². The first-order chi connectivity index (χ1) is 13.4. The smallest absolute Gasteiger partial charge is 0.335 e. The maximum atomic E-state index is 12.4. The van der Waals surface area contributed by atoms with E-state index in [4.69, 9.17) is 14.6 Å². The maximum Gasteiger partial charge on any atom is 0.335 e. The van der Waals surface area contributed by atoms with Crippen molar-refractivity contribution < 1.29 is 29.1 Å². The van der Waals surface area contributed by atoms with Crippen molar-refractivity contribution >= 4 is 29.3 Å². The topological polar surface area (TPSA) is 152 Å². The summed E-state index contributed by atoms with van der Waals surface area (Å²) < 4.78 is 10.3. The van der Waals surface area contributed by atoms with Gasteiger partial charge >= 0.3 is 5.97 Å². The average molecular weight is 381 g/mol. The Hall–Kier alpha value is -4.39. The summed E-state index contributed by atoms with van der Waals surface area (Å²) in [6.07, 6.45) is 1.05. The predicted molar refractivity (Wildman–Crippen MR) is 94.8 cm³/mol. The lowest BCUT2D eigenvalue weighted by molar-refractivity contribution is -0.385. The third kappa shape index (κ3) is 3.73. The molecule has 0 saturated heterocycles. The first-order valence-electron chi connectivity index (χ1n) is 7.73. The number of anilines is 1. The van der Waals surface area contributed by atoms with Crippen LogP contribution in [-0.2, 0) is 4.79 Å².